The van der Waals surface area contributed by atoms with Crippen LogP contribution in [-0.2, 0) is 11.2 Å². The van der Waals surface area contributed by atoms with Gasteiger partial charge in [-0.15, -0.1) is 23.7 Å². The average Bonchev–Trinajstić information content (AvgIpc) is 2.89. The Bertz CT molecular complexity index is 366. The van der Waals surface area contributed by atoms with Crippen molar-refractivity contribution in [2.75, 3.05) is 13.1 Å². The maximum Gasteiger partial charge on any atom is 0.237 e. The van der Waals surface area contributed by atoms with E-state index in [9.17, 15) is 4.79 Å². The lowest BCUT2D eigenvalue weighted by molar-refractivity contribution is -0.122. The van der Waals surface area contributed by atoms with Gasteiger partial charge < -0.3 is 10.6 Å². The van der Waals surface area contributed by atoms with Crippen LogP contribution < -0.4 is 10.6 Å². The minimum Gasteiger partial charge on any atom is -0.354 e. The number of hydrogen-bond donors (Lipinski definition) is 2. The zero-order valence-electron chi connectivity index (χ0n) is 9.37. The van der Waals surface area contributed by atoms with Gasteiger partial charge in [0.2, 0.25) is 5.91 Å². The summed E-state index contributed by atoms with van der Waals surface area (Å²) in [6.45, 7) is 1.69. The van der Waals surface area contributed by atoms with E-state index in [0.29, 0.717) is 0 Å². The van der Waals surface area contributed by atoms with Crippen LogP contribution in [0.3, 0.4) is 0 Å². The molecule has 1 atom stereocenters. The molecule has 1 aliphatic rings. The van der Waals surface area contributed by atoms with Crippen LogP contribution >= 0.6 is 39.7 Å². The highest BCUT2D eigenvalue weighted by molar-refractivity contribution is 9.11. The Morgan fingerprint density at radius 3 is 3.00 bits per heavy atom. The number of hydrogen-bond acceptors (Lipinski definition) is 3. The van der Waals surface area contributed by atoms with Crippen LogP contribution in [0, 0.1) is 0 Å². The zero-order chi connectivity index (χ0) is 11.4. The molecule has 0 bridgehead atoms. The summed E-state index contributed by atoms with van der Waals surface area (Å²) in [5, 5.41) is 6.16. The lowest BCUT2D eigenvalue weighted by atomic mass is 10.2. The predicted molar refractivity (Wildman–Crippen MR) is 77.0 cm³/mol. The Kier molecular flexibility index (Phi) is 6.48. The fourth-order valence-electron chi connectivity index (χ4n) is 1.83. The Morgan fingerprint density at radius 1 is 1.59 bits per heavy atom. The molecule has 0 spiro atoms. The third-order valence-corrected chi connectivity index (χ3v) is 4.36. The van der Waals surface area contributed by atoms with E-state index in [-0.39, 0.29) is 24.4 Å². The molecule has 6 heteroatoms. The van der Waals surface area contributed by atoms with Gasteiger partial charge in [-0.05, 0) is 53.9 Å². The Labute approximate surface area is 120 Å². The molecule has 96 valence electrons. The average molecular weight is 340 g/mol. The molecule has 2 heterocycles. The Balaban J connectivity index is 0.00000144. The van der Waals surface area contributed by atoms with Crippen molar-refractivity contribution < 1.29 is 4.79 Å². The Morgan fingerprint density at radius 2 is 2.41 bits per heavy atom. The number of carbonyl (C=O) groups is 1. The molecular weight excluding hydrogens is 324 g/mol. The lowest BCUT2D eigenvalue weighted by Gasteiger charge is -2.10. The molecule has 1 aromatic heterocycles. The summed E-state index contributed by atoms with van der Waals surface area (Å²) in [5.41, 5.74) is 0. The van der Waals surface area contributed by atoms with Gasteiger partial charge in [0.05, 0.1) is 9.83 Å². The predicted octanol–water partition coefficient (Wildman–Crippen LogP) is 2.34. The number of amides is 1. The van der Waals surface area contributed by atoms with Gasteiger partial charge in [0.15, 0.2) is 0 Å². The monoisotopic (exact) mass is 338 g/mol. The van der Waals surface area contributed by atoms with Crippen molar-refractivity contribution in [3.05, 3.63) is 20.8 Å². The summed E-state index contributed by atoms with van der Waals surface area (Å²) in [6.07, 6.45) is 2.99. The molecule has 1 aromatic rings. The third-order valence-electron chi connectivity index (χ3n) is 2.68. The van der Waals surface area contributed by atoms with Gasteiger partial charge in [0.25, 0.3) is 0 Å². The van der Waals surface area contributed by atoms with E-state index in [4.69, 9.17) is 0 Å². The maximum atomic E-state index is 11.7. The molecule has 0 radical (unpaired) electrons. The first-order valence-corrected chi connectivity index (χ1v) is 7.12. The molecule has 1 saturated heterocycles. The van der Waals surface area contributed by atoms with Gasteiger partial charge in [-0.2, -0.15) is 0 Å². The van der Waals surface area contributed by atoms with Crippen molar-refractivity contribution in [3.8, 4) is 0 Å². The quantitative estimate of drug-likeness (QED) is 0.884. The summed E-state index contributed by atoms with van der Waals surface area (Å²) in [4.78, 5) is 13.0. The highest BCUT2D eigenvalue weighted by atomic mass is 79.9. The molecule has 0 aliphatic carbocycles. The largest absolute Gasteiger partial charge is 0.354 e. The van der Waals surface area contributed by atoms with Gasteiger partial charge in [0.1, 0.15) is 0 Å². The molecule has 3 nitrogen and oxygen atoms in total. The fraction of sp³-hybridized carbons (Fsp3) is 0.545. The second kappa shape index (κ2) is 7.36. The lowest BCUT2D eigenvalue weighted by Crippen LogP contribution is -2.41. The molecule has 2 N–H and O–H groups in total. The van der Waals surface area contributed by atoms with Crippen molar-refractivity contribution in [2.24, 2.45) is 0 Å². The molecule has 17 heavy (non-hydrogen) atoms. The highest BCUT2D eigenvalue weighted by Gasteiger charge is 2.21. The van der Waals surface area contributed by atoms with E-state index in [0.717, 1.165) is 36.1 Å². The minimum absolute atomic E-state index is 0. The van der Waals surface area contributed by atoms with Crippen LogP contribution in [0.5, 0.6) is 0 Å². The molecule has 0 unspecified atom stereocenters. The van der Waals surface area contributed by atoms with Crippen LogP contribution in [0.2, 0.25) is 0 Å². The molecule has 0 aromatic carbocycles. The van der Waals surface area contributed by atoms with Gasteiger partial charge in [-0.25, -0.2) is 0 Å². The van der Waals surface area contributed by atoms with E-state index >= 15 is 0 Å². The number of halogens is 2. The van der Waals surface area contributed by atoms with Crippen molar-refractivity contribution in [2.45, 2.75) is 25.3 Å². The summed E-state index contributed by atoms with van der Waals surface area (Å²) >= 11 is 5.15. The van der Waals surface area contributed by atoms with Crippen molar-refractivity contribution in [1.29, 1.82) is 0 Å². The number of carbonyl (C=O) groups excluding carboxylic acids is 1. The summed E-state index contributed by atoms with van der Waals surface area (Å²) in [7, 11) is 0. The van der Waals surface area contributed by atoms with Gasteiger partial charge >= 0.3 is 0 Å². The van der Waals surface area contributed by atoms with Gasteiger partial charge in [-0.3, -0.25) is 4.79 Å². The molecule has 1 fully saturated rings. The molecule has 1 amide bonds. The summed E-state index contributed by atoms with van der Waals surface area (Å²) in [6, 6.07) is 4.17. The first kappa shape index (κ1) is 15.0. The highest BCUT2D eigenvalue weighted by Crippen LogP contribution is 2.22. The van der Waals surface area contributed by atoms with Crippen LogP contribution in [0.15, 0.2) is 15.9 Å². The number of nitrogens with one attached hydrogen (secondary N) is 2. The third kappa shape index (κ3) is 4.58. The van der Waals surface area contributed by atoms with E-state index in [2.05, 4.69) is 32.6 Å². The zero-order valence-corrected chi connectivity index (χ0v) is 12.6. The van der Waals surface area contributed by atoms with Crippen molar-refractivity contribution in [3.63, 3.8) is 0 Å². The van der Waals surface area contributed by atoms with Gasteiger partial charge in [-0.1, -0.05) is 0 Å². The molecule has 0 saturated carbocycles. The SMILES string of the molecule is Cl.O=C(NCCc1ccc(Br)s1)[C@@H]1CCCN1. The smallest absolute Gasteiger partial charge is 0.237 e. The van der Waals surface area contributed by atoms with Crippen LogP contribution in [0.1, 0.15) is 17.7 Å². The summed E-state index contributed by atoms with van der Waals surface area (Å²) < 4.78 is 1.14. The second-order valence-corrected chi connectivity index (χ2v) is 6.44. The van der Waals surface area contributed by atoms with Crippen molar-refractivity contribution >= 4 is 45.6 Å². The van der Waals surface area contributed by atoms with Crippen LogP contribution in [-0.4, -0.2) is 25.0 Å². The van der Waals surface area contributed by atoms with E-state index in [1.165, 1.54) is 4.88 Å². The molecule has 1 aliphatic heterocycles. The second-order valence-electron chi connectivity index (χ2n) is 3.90. The van der Waals surface area contributed by atoms with Crippen LogP contribution in [0.25, 0.3) is 0 Å². The van der Waals surface area contributed by atoms with E-state index < -0.39 is 0 Å². The van der Waals surface area contributed by atoms with Gasteiger partial charge in [0, 0.05) is 11.4 Å². The standard InChI is InChI=1S/C11H15BrN2OS.ClH/c12-10-4-3-8(16-10)5-7-14-11(15)9-2-1-6-13-9;/h3-4,9,13H,1-2,5-7H2,(H,14,15);1H/t9-;/m0./s1. The normalized spacial score (nSPS) is 18.8. The van der Waals surface area contributed by atoms with E-state index in [1.54, 1.807) is 11.3 Å². The van der Waals surface area contributed by atoms with E-state index in [1.807, 2.05) is 6.07 Å². The number of rotatable bonds is 4. The number of thiophene rings is 1. The van der Waals surface area contributed by atoms with Crippen molar-refractivity contribution in [1.82, 2.24) is 10.6 Å². The topological polar surface area (TPSA) is 41.1 Å². The maximum absolute atomic E-state index is 11.7. The van der Waals surface area contributed by atoms with Crippen LogP contribution in [0.4, 0.5) is 0 Å². The minimum atomic E-state index is 0. The first-order chi connectivity index (χ1) is 7.75. The first-order valence-electron chi connectivity index (χ1n) is 5.51. The summed E-state index contributed by atoms with van der Waals surface area (Å²) in [5.74, 6) is 0.146. The molecule has 2 rings (SSSR count). The molecular formula is C11H16BrClN2OS. The fourth-order valence-corrected chi connectivity index (χ4v) is 3.31. The Hall–Kier alpha value is -0.100.